The molecule has 100 valence electrons. The van der Waals surface area contributed by atoms with Gasteiger partial charge < -0.3 is 10.3 Å². The summed E-state index contributed by atoms with van der Waals surface area (Å²) in [5.41, 5.74) is 6.79. The molecule has 0 amide bonds. The lowest BCUT2D eigenvalue weighted by Crippen LogP contribution is -2.34. The summed E-state index contributed by atoms with van der Waals surface area (Å²) >= 11 is 6.92. The first kappa shape index (κ1) is 13.3. The minimum atomic E-state index is -0.413. The zero-order valence-corrected chi connectivity index (χ0v) is 13.4. The van der Waals surface area contributed by atoms with Crippen molar-refractivity contribution in [1.29, 1.82) is 0 Å². The first-order valence-electron chi connectivity index (χ1n) is 6.17. The van der Waals surface area contributed by atoms with Crippen LogP contribution in [0.15, 0.2) is 31.7 Å². The molecular weight excluding hydrogens is 374 g/mol. The van der Waals surface area contributed by atoms with E-state index in [0.29, 0.717) is 11.7 Å². The maximum absolute atomic E-state index is 6.33. The minimum absolute atomic E-state index is 0.413. The zero-order chi connectivity index (χ0) is 13.5. The van der Waals surface area contributed by atoms with Crippen molar-refractivity contribution in [2.45, 2.75) is 31.2 Å². The number of rotatable bonds is 2. The van der Waals surface area contributed by atoms with Crippen LogP contribution in [0.4, 0.5) is 0 Å². The van der Waals surface area contributed by atoms with Gasteiger partial charge in [0.25, 0.3) is 5.89 Å². The van der Waals surface area contributed by atoms with Crippen LogP contribution in [0.5, 0.6) is 0 Å². The van der Waals surface area contributed by atoms with Crippen molar-refractivity contribution in [3.63, 3.8) is 0 Å². The van der Waals surface area contributed by atoms with E-state index in [9.17, 15) is 0 Å². The van der Waals surface area contributed by atoms with E-state index in [1.165, 1.54) is 0 Å². The van der Waals surface area contributed by atoms with Crippen LogP contribution in [-0.2, 0) is 5.54 Å². The number of halogens is 2. The molecule has 6 heteroatoms. The number of aromatic nitrogens is 2. The Hall–Kier alpha value is -0.720. The van der Waals surface area contributed by atoms with Crippen LogP contribution in [0.3, 0.4) is 0 Å². The molecule has 4 nitrogen and oxygen atoms in total. The second-order valence-electron chi connectivity index (χ2n) is 4.91. The number of hydrogen-bond acceptors (Lipinski definition) is 4. The van der Waals surface area contributed by atoms with E-state index >= 15 is 0 Å². The van der Waals surface area contributed by atoms with Gasteiger partial charge in [0.2, 0.25) is 0 Å². The standard InChI is InChI=1S/C13H13Br2N3O/c14-8-3-4-9(10(15)7-8)11-17-12(18-19-11)13(16)5-1-2-6-13/h3-4,7H,1-2,5-6,16H2. The van der Waals surface area contributed by atoms with E-state index in [1.807, 2.05) is 18.2 Å². The lowest BCUT2D eigenvalue weighted by Gasteiger charge is -2.17. The third kappa shape index (κ3) is 2.49. The van der Waals surface area contributed by atoms with E-state index < -0.39 is 5.54 Å². The van der Waals surface area contributed by atoms with Gasteiger partial charge in [-0.25, -0.2) is 0 Å². The van der Waals surface area contributed by atoms with Gasteiger partial charge in [-0.3, -0.25) is 0 Å². The largest absolute Gasteiger partial charge is 0.334 e. The van der Waals surface area contributed by atoms with Gasteiger partial charge >= 0.3 is 0 Å². The van der Waals surface area contributed by atoms with E-state index in [2.05, 4.69) is 42.0 Å². The average Bonchev–Trinajstić information content (AvgIpc) is 2.99. The fourth-order valence-electron chi connectivity index (χ4n) is 2.43. The molecule has 0 spiro atoms. The van der Waals surface area contributed by atoms with Crippen molar-refractivity contribution >= 4 is 31.9 Å². The molecule has 1 heterocycles. The highest BCUT2D eigenvalue weighted by atomic mass is 79.9. The summed E-state index contributed by atoms with van der Waals surface area (Å²) in [5, 5.41) is 4.07. The summed E-state index contributed by atoms with van der Waals surface area (Å²) in [6.07, 6.45) is 4.10. The summed E-state index contributed by atoms with van der Waals surface area (Å²) in [6.45, 7) is 0. The molecular formula is C13H13Br2N3O. The van der Waals surface area contributed by atoms with Gasteiger partial charge in [-0.1, -0.05) is 33.9 Å². The fourth-order valence-corrected chi connectivity index (χ4v) is 3.64. The second-order valence-corrected chi connectivity index (χ2v) is 6.68. The van der Waals surface area contributed by atoms with Crippen LogP contribution in [0.25, 0.3) is 11.5 Å². The van der Waals surface area contributed by atoms with Gasteiger partial charge in [0.15, 0.2) is 5.82 Å². The quantitative estimate of drug-likeness (QED) is 0.847. The summed E-state index contributed by atoms with van der Waals surface area (Å²) < 4.78 is 7.27. The Kier molecular flexibility index (Phi) is 3.49. The number of hydrogen-bond donors (Lipinski definition) is 1. The Balaban J connectivity index is 1.97. The molecule has 1 aliphatic carbocycles. The van der Waals surface area contributed by atoms with E-state index in [-0.39, 0.29) is 0 Å². The molecule has 1 fully saturated rings. The highest BCUT2D eigenvalue weighted by molar-refractivity contribution is 9.11. The van der Waals surface area contributed by atoms with Crippen LogP contribution >= 0.6 is 31.9 Å². The van der Waals surface area contributed by atoms with Crippen molar-refractivity contribution < 1.29 is 4.52 Å². The molecule has 0 aliphatic heterocycles. The molecule has 1 aromatic carbocycles. The van der Waals surface area contributed by atoms with Gasteiger partial charge in [-0.15, -0.1) is 0 Å². The van der Waals surface area contributed by atoms with Gasteiger partial charge in [0.05, 0.1) is 11.1 Å². The van der Waals surface area contributed by atoms with Crippen LogP contribution in [0, 0.1) is 0 Å². The summed E-state index contributed by atoms with van der Waals surface area (Å²) in [6, 6.07) is 5.83. The van der Waals surface area contributed by atoms with Gasteiger partial charge in [0.1, 0.15) is 0 Å². The predicted molar refractivity (Wildman–Crippen MR) is 79.5 cm³/mol. The third-order valence-electron chi connectivity index (χ3n) is 3.53. The summed E-state index contributed by atoms with van der Waals surface area (Å²) in [4.78, 5) is 4.48. The van der Waals surface area contributed by atoms with Crippen LogP contribution < -0.4 is 5.73 Å². The van der Waals surface area contributed by atoms with E-state index in [1.54, 1.807) is 0 Å². The van der Waals surface area contributed by atoms with E-state index in [0.717, 1.165) is 40.2 Å². The molecule has 2 aromatic rings. The summed E-state index contributed by atoms with van der Waals surface area (Å²) in [5.74, 6) is 1.13. The first-order chi connectivity index (χ1) is 9.08. The molecule has 0 unspecified atom stereocenters. The molecule has 2 N–H and O–H groups in total. The van der Waals surface area contributed by atoms with Crippen molar-refractivity contribution in [2.24, 2.45) is 5.73 Å². The lowest BCUT2D eigenvalue weighted by atomic mass is 9.99. The molecule has 19 heavy (non-hydrogen) atoms. The molecule has 0 radical (unpaired) electrons. The van der Waals surface area contributed by atoms with Crippen LogP contribution in [0.1, 0.15) is 31.5 Å². The molecule has 3 rings (SSSR count). The topological polar surface area (TPSA) is 64.9 Å². The van der Waals surface area contributed by atoms with Crippen LogP contribution in [0.2, 0.25) is 0 Å². The second kappa shape index (κ2) is 5.00. The number of nitrogens with two attached hydrogens (primary N) is 1. The minimum Gasteiger partial charge on any atom is -0.334 e. The zero-order valence-electron chi connectivity index (χ0n) is 10.2. The van der Waals surface area contributed by atoms with Crippen LogP contribution in [-0.4, -0.2) is 10.1 Å². The lowest BCUT2D eigenvalue weighted by molar-refractivity contribution is 0.372. The van der Waals surface area contributed by atoms with Crippen molar-refractivity contribution in [2.75, 3.05) is 0 Å². The Labute approximate surface area is 128 Å². The predicted octanol–water partition coefficient (Wildman–Crippen LogP) is 3.99. The highest BCUT2D eigenvalue weighted by Crippen LogP contribution is 2.36. The van der Waals surface area contributed by atoms with Crippen molar-refractivity contribution in [3.05, 3.63) is 33.0 Å². The van der Waals surface area contributed by atoms with Crippen molar-refractivity contribution in [1.82, 2.24) is 10.1 Å². The Morgan fingerprint density at radius 1 is 1.21 bits per heavy atom. The Bertz CT molecular complexity index is 606. The van der Waals surface area contributed by atoms with E-state index in [4.69, 9.17) is 10.3 Å². The van der Waals surface area contributed by atoms with Crippen molar-refractivity contribution in [3.8, 4) is 11.5 Å². The number of benzene rings is 1. The molecule has 1 aliphatic rings. The molecule has 0 saturated heterocycles. The SMILES string of the molecule is NC1(c2noc(-c3ccc(Br)cc3Br)n2)CCCC1. The molecule has 1 aromatic heterocycles. The first-order valence-corrected chi connectivity index (χ1v) is 7.76. The molecule has 0 bridgehead atoms. The number of nitrogens with zero attached hydrogens (tertiary/aromatic N) is 2. The monoisotopic (exact) mass is 385 g/mol. The van der Waals surface area contributed by atoms with Gasteiger partial charge in [-0.05, 0) is 47.0 Å². The van der Waals surface area contributed by atoms with Gasteiger partial charge in [0, 0.05) is 8.95 Å². The average molecular weight is 387 g/mol. The summed E-state index contributed by atoms with van der Waals surface area (Å²) in [7, 11) is 0. The maximum Gasteiger partial charge on any atom is 0.259 e. The van der Waals surface area contributed by atoms with Gasteiger partial charge in [-0.2, -0.15) is 4.98 Å². The smallest absolute Gasteiger partial charge is 0.259 e. The highest BCUT2D eigenvalue weighted by Gasteiger charge is 2.36. The normalized spacial score (nSPS) is 17.8. The Morgan fingerprint density at radius 2 is 1.95 bits per heavy atom. The molecule has 0 atom stereocenters. The fraction of sp³-hybridized carbons (Fsp3) is 0.385. The molecule has 1 saturated carbocycles. The maximum atomic E-state index is 6.33. The Morgan fingerprint density at radius 3 is 2.63 bits per heavy atom. The third-order valence-corrected chi connectivity index (χ3v) is 4.68.